The molecule has 1 aromatic heterocycles. The molecule has 8 heteroatoms. The number of carbonyl (C=O) groups is 1. The van der Waals surface area contributed by atoms with E-state index in [4.69, 9.17) is 14.2 Å². The van der Waals surface area contributed by atoms with Gasteiger partial charge in [0.15, 0.2) is 11.5 Å². The average molecular weight is 476 g/mol. The summed E-state index contributed by atoms with van der Waals surface area (Å²) in [5.74, 6) is 1.83. The van der Waals surface area contributed by atoms with Crippen LogP contribution in [0.3, 0.4) is 0 Å². The van der Waals surface area contributed by atoms with Crippen LogP contribution in [0.5, 0.6) is 17.2 Å². The molecule has 35 heavy (non-hydrogen) atoms. The van der Waals surface area contributed by atoms with E-state index in [0.717, 1.165) is 22.1 Å². The lowest BCUT2D eigenvalue weighted by molar-refractivity contribution is -0.130. The van der Waals surface area contributed by atoms with Gasteiger partial charge in [0.05, 0.1) is 38.6 Å². The second-order valence-electron chi connectivity index (χ2n) is 8.37. The first kappa shape index (κ1) is 24.1. The quantitative estimate of drug-likeness (QED) is 0.364. The van der Waals surface area contributed by atoms with Gasteiger partial charge in [-0.1, -0.05) is 18.2 Å². The third-order valence-corrected chi connectivity index (χ3v) is 6.08. The molecule has 0 aliphatic heterocycles. The van der Waals surface area contributed by atoms with Crippen molar-refractivity contribution >= 4 is 27.6 Å². The number of hydrogen-bond acceptors (Lipinski definition) is 6. The van der Waals surface area contributed by atoms with E-state index in [1.165, 1.54) is 25.1 Å². The van der Waals surface area contributed by atoms with Gasteiger partial charge in [0.25, 0.3) is 5.56 Å². The van der Waals surface area contributed by atoms with Crippen molar-refractivity contribution in [2.24, 2.45) is 0 Å². The van der Waals surface area contributed by atoms with Gasteiger partial charge in [0.2, 0.25) is 5.91 Å². The molecule has 0 N–H and O–H groups in total. The fourth-order valence-electron chi connectivity index (χ4n) is 4.10. The maximum atomic E-state index is 12.9. The van der Waals surface area contributed by atoms with E-state index in [1.54, 1.807) is 31.2 Å². The maximum Gasteiger partial charge on any atom is 0.261 e. The van der Waals surface area contributed by atoms with Crippen LogP contribution in [0.15, 0.2) is 59.7 Å². The Morgan fingerprint density at radius 2 is 1.66 bits per heavy atom. The number of aryl methyl sites for hydroxylation is 1. The van der Waals surface area contributed by atoms with Gasteiger partial charge in [0.1, 0.15) is 5.75 Å². The average Bonchev–Trinajstić information content (AvgIpc) is 2.88. The van der Waals surface area contributed by atoms with Crippen LogP contribution in [0.25, 0.3) is 21.7 Å². The third-order valence-electron chi connectivity index (χ3n) is 6.08. The van der Waals surface area contributed by atoms with Crippen LogP contribution < -0.4 is 19.8 Å². The van der Waals surface area contributed by atoms with Crippen molar-refractivity contribution in [3.8, 4) is 17.2 Å². The van der Waals surface area contributed by atoms with Gasteiger partial charge >= 0.3 is 0 Å². The number of carbonyl (C=O) groups excluding carboxylic acids is 1. The Balaban J connectivity index is 1.38. The second kappa shape index (κ2) is 10.5. The van der Waals surface area contributed by atoms with Crippen LogP contribution in [0, 0.1) is 0 Å². The molecule has 0 spiro atoms. The fraction of sp³-hybridized carbons (Fsp3) is 0.296. The highest BCUT2D eigenvalue weighted by Crippen LogP contribution is 2.29. The molecule has 0 atom stereocenters. The molecule has 0 fully saturated rings. The normalized spacial score (nSPS) is 11.0. The van der Waals surface area contributed by atoms with E-state index >= 15 is 0 Å². The van der Waals surface area contributed by atoms with Crippen LogP contribution in [0.1, 0.15) is 18.4 Å². The van der Waals surface area contributed by atoms with Crippen LogP contribution in [-0.4, -0.2) is 48.7 Å². The summed E-state index contributed by atoms with van der Waals surface area (Å²) in [6, 6.07) is 15.4. The van der Waals surface area contributed by atoms with Crippen molar-refractivity contribution in [2.45, 2.75) is 25.9 Å². The van der Waals surface area contributed by atoms with Gasteiger partial charge in [-0.25, -0.2) is 4.98 Å². The monoisotopic (exact) mass is 475 g/mol. The summed E-state index contributed by atoms with van der Waals surface area (Å²) in [5, 5.41) is 2.64. The number of aromatic nitrogens is 2. The zero-order valence-corrected chi connectivity index (χ0v) is 20.4. The number of benzene rings is 3. The molecule has 182 valence electrons. The first-order valence-corrected chi connectivity index (χ1v) is 11.4. The molecule has 4 aromatic rings. The van der Waals surface area contributed by atoms with Crippen LogP contribution in [0.2, 0.25) is 0 Å². The Morgan fingerprint density at radius 1 is 0.943 bits per heavy atom. The first-order valence-electron chi connectivity index (χ1n) is 11.4. The summed E-state index contributed by atoms with van der Waals surface area (Å²) >= 11 is 0. The molecule has 0 radical (unpaired) electrons. The third kappa shape index (κ3) is 5.21. The van der Waals surface area contributed by atoms with E-state index in [-0.39, 0.29) is 11.5 Å². The van der Waals surface area contributed by atoms with Crippen molar-refractivity contribution < 1.29 is 19.0 Å². The highest BCUT2D eigenvalue weighted by Gasteiger charge is 2.13. The number of hydrogen-bond donors (Lipinski definition) is 0. The molecule has 0 unspecified atom stereocenters. The topological polar surface area (TPSA) is 82.9 Å². The molecule has 0 bridgehead atoms. The number of methoxy groups -OCH3 is 3. The summed E-state index contributed by atoms with van der Waals surface area (Å²) in [4.78, 5) is 31.7. The molecular formula is C27H29N3O5. The number of nitrogens with zero attached hydrogens (tertiary/aromatic N) is 3. The van der Waals surface area contributed by atoms with Crippen LogP contribution >= 0.6 is 0 Å². The lowest BCUT2D eigenvalue weighted by atomic mass is 10.1. The molecule has 0 saturated carbocycles. The van der Waals surface area contributed by atoms with Crippen molar-refractivity contribution in [3.05, 3.63) is 70.8 Å². The lowest BCUT2D eigenvalue weighted by Gasteiger charge is -2.18. The summed E-state index contributed by atoms with van der Waals surface area (Å²) < 4.78 is 17.4. The molecule has 1 heterocycles. The van der Waals surface area contributed by atoms with Gasteiger partial charge in [0, 0.05) is 32.6 Å². The molecule has 1 amide bonds. The second-order valence-corrected chi connectivity index (χ2v) is 8.37. The van der Waals surface area contributed by atoms with Gasteiger partial charge in [-0.3, -0.25) is 14.2 Å². The van der Waals surface area contributed by atoms with E-state index < -0.39 is 0 Å². The summed E-state index contributed by atoms with van der Waals surface area (Å²) in [6.45, 7) is 0.910. The predicted molar refractivity (Wildman–Crippen MR) is 135 cm³/mol. The Labute approximate surface area is 203 Å². The standard InChI is InChI=1S/C27H29N3O5/c1-29(16-18-7-8-20-13-21(33-2)10-9-19(20)12-18)26(31)6-5-11-30-17-28-23-15-25(35-4)24(34-3)14-22(23)27(30)32/h7-10,12-15,17H,5-6,11,16H2,1-4H3. The molecule has 4 rings (SSSR count). The minimum Gasteiger partial charge on any atom is -0.497 e. The largest absolute Gasteiger partial charge is 0.497 e. The summed E-state index contributed by atoms with van der Waals surface area (Å²) in [7, 11) is 6.51. The van der Waals surface area contributed by atoms with E-state index in [2.05, 4.69) is 11.1 Å². The number of fused-ring (bicyclic) bond motifs is 2. The predicted octanol–water partition coefficient (Wildman–Crippen LogP) is 4.01. The smallest absolute Gasteiger partial charge is 0.261 e. The lowest BCUT2D eigenvalue weighted by Crippen LogP contribution is -2.27. The molecule has 0 saturated heterocycles. The summed E-state index contributed by atoms with van der Waals surface area (Å²) in [6.07, 6.45) is 2.37. The number of amides is 1. The number of rotatable bonds is 9. The van der Waals surface area contributed by atoms with E-state index in [0.29, 0.717) is 48.3 Å². The van der Waals surface area contributed by atoms with Crippen molar-refractivity contribution in [1.82, 2.24) is 14.5 Å². The van der Waals surface area contributed by atoms with Crippen LogP contribution in [-0.2, 0) is 17.9 Å². The van der Waals surface area contributed by atoms with E-state index in [9.17, 15) is 9.59 Å². The van der Waals surface area contributed by atoms with Gasteiger partial charge in [-0.2, -0.15) is 0 Å². The SMILES string of the molecule is COc1ccc2cc(CN(C)C(=O)CCCn3cnc4cc(OC)c(OC)cc4c3=O)ccc2c1. The highest BCUT2D eigenvalue weighted by molar-refractivity contribution is 5.85. The molecule has 8 nitrogen and oxygen atoms in total. The maximum absolute atomic E-state index is 12.9. The Morgan fingerprint density at radius 3 is 2.40 bits per heavy atom. The number of ether oxygens (including phenoxy) is 3. The van der Waals surface area contributed by atoms with Crippen molar-refractivity contribution in [3.63, 3.8) is 0 Å². The molecule has 0 aliphatic rings. The van der Waals surface area contributed by atoms with E-state index in [1.807, 2.05) is 30.3 Å². The van der Waals surface area contributed by atoms with Crippen molar-refractivity contribution in [1.29, 1.82) is 0 Å². The Hall–Kier alpha value is -4.07. The molecular weight excluding hydrogens is 446 g/mol. The first-order chi connectivity index (χ1) is 16.9. The van der Waals surface area contributed by atoms with Crippen molar-refractivity contribution in [2.75, 3.05) is 28.4 Å². The minimum atomic E-state index is -0.176. The highest BCUT2D eigenvalue weighted by atomic mass is 16.5. The summed E-state index contributed by atoms with van der Waals surface area (Å²) in [5.41, 5.74) is 1.41. The molecule has 3 aromatic carbocycles. The zero-order valence-electron chi connectivity index (χ0n) is 20.4. The minimum absolute atomic E-state index is 0.0213. The van der Waals surface area contributed by atoms with Gasteiger partial charge in [-0.05, 0) is 47.0 Å². The zero-order chi connectivity index (χ0) is 24.9. The van der Waals surface area contributed by atoms with Crippen LogP contribution in [0.4, 0.5) is 0 Å². The Bertz CT molecular complexity index is 1430. The molecule has 0 aliphatic carbocycles. The van der Waals surface area contributed by atoms with Gasteiger partial charge < -0.3 is 19.1 Å². The Kier molecular flexibility index (Phi) is 7.19. The van der Waals surface area contributed by atoms with Gasteiger partial charge in [-0.15, -0.1) is 0 Å². The fourth-order valence-corrected chi connectivity index (χ4v) is 4.10.